The van der Waals surface area contributed by atoms with E-state index in [1.54, 1.807) is 0 Å². The summed E-state index contributed by atoms with van der Waals surface area (Å²) in [7, 11) is 0. The number of carbonyl (C=O) groups is 1. The maximum absolute atomic E-state index is 9.12. The number of unbranched alkanes of at least 4 members (excludes halogenated alkanes) is 11. The first-order valence-electron chi connectivity index (χ1n) is 12.1. The molecule has 0 aromatic heterocycles. The molecule has 0 aliphatic carbocycles. The van der Waals surface area contributed by atoms with Gasteiger partial charge in [-0.3, -0.25) is 4.99 Å². The van der Waals surface area contributed by atoms with Crippen LogP contribution in [-0.2, 0) is 4.79 Å². The molecule has 6 heteroatoms. The summed E-state index contributed by atoms with van der Waals surface area (Å²) in [6.45, 7) is 5.28. The fraction of sp³-hybridized carbons (Fsp3) is 0.833. The van der Waals surface area contributed by atoms with E-state index in [9.17, 15) is 0 Å². The largest absolute Gasteiger partial charge is 0.480 e. The van der Waals surface area contributed by atoms with Gasteiger partial charge in [0.15, 0.2) is 0 Å². The summed E-state index contributed by atoms with van der Waals surface area (Å²) in [6.07, 6.45) is 23.7. The first-order valence-corrected chi connectivity index (χ1v) is 12.1. The van der Waals surface area contributed by atoms with E-state index >= 15 is 0 Å². The third-order valence-electron chi connectivity index (χ3n) is 5.23. The molecule has 0 amide bonds. The van der Waals surface area contributed by atoms with E-state index in [0.29, 0.717) is 0 Å². The van der Waals surface area contributed by atoms with Crippen LogP contribution in [0.2, 0.25) is 0 Å². The van der Waals surface area contributed by atoms with E-state index in [1.807, 2.05) is 0 Å². The Balaban J connectivity index is 0.00000150. The minimum atomic E-state index is -1.19. The Morgan fingerprint density at radius 2 is 1.53 bits per heavy atom. The van der Waals surface area contributed by atoms with Gasteiger partial charge in [0.2, 0.25) is 0 Å². The van der Waals surface area contributed by atoms with Crippen LogP contribution in [0.5, 0.6) is 0 Å². The summed E-state index contributed by atoms with van der Waals surface area (Å²) >= 11 is 0. The smallest absolute Gasteiger partial charge is 0.329 e. The highest BCUT2D eigenvalue weighted by molar-refractivity contribution is 5.83. The Morgan fingerprint density at radius 3 is 2.07 bits per heavy atom. The van der Waals surface area contributed by atoms with Crippen LogP contribution >= 0.6 is 0 Å². The third-order valence-corrected chi connectivity index (χ3v) is 5.23. The number of rotatable bonds is 18. The van der Waals surface area contributed by atoms with Crippen LogP contribution in [0.3, 0.4) is 0 Å². The minimum absolute atomic E-state index is 0.741. The van der Waals surface area contributed by atoms with Crippen molar-refractivity contribution in [3.8, 4) is 0 Å². The third kappa shape index (κ3) is 18.6. The maximum atomic E-state index is 9.12. The summed E-state index contributed by atoms with van der Waals surface area (Å²) in [4.78, 5) is 16.1. The predicted octanol–water partition coefficient (Wildman–Crippen LogP) is 4.76. The Labute approximate surface area is 184 Å². The van der Waals surface area contributed by atoms with Crippen molar-refractivity contribution in [2.75, 3.05) is 32.8 Å². The van der Waals surface area contributed by atoms with Crippen molar-refractivity contribution in [1.82, 2.24) is 4.90 Å². The lowest BCUT2D eigenvalue weighted by Crippen LogP contribution is -2.32. The molecule has 1 aliphatic rings. The van der Waals surface area contributed by atoms with Gasteiger partial charge in [-0.25, -0.2) is 4.79 Å². The van der Waals surface area contributed by atoms with Crippen LogP contribution in [0.15, 0.2) is 17.1 Å². The Bertz CT molecular complexity index is 453. The standard InChI is InChI=1S/C22H43N3.C2H4O3/c1-2-3-4-5-6-7-8-9-10-11-12-13-14-15-16-17-22-24-19-21-25(22)20-18-23;3-1-2(4)5/h9-10H,2-8,11-21,23H2,1H3;3H,1H2,(H,4,5). The molecule has 0 saturated carbocycles. The molecular formula is C24H47N3O3. The van der Waals surface area contributed by atoms with E-state index in [4.69, 9.17) is 20.7 Å². The number of carboxylic acid groups (broad SMARTS) is 1. The van der Waals surface area contributed by atoms with Gasteiger partial charge in [-0.1, -0.05) is 70.4 Å². The van der Waals surface area contributed by atoms with Crippen LogP contribution in [0.25, 0.3) is 0 Å². The minimum Gasteiger partial charge on any atom is -0.480 e. The molecule has 0 aromatic carbocycles. The fourth-order valence-electron chi connectivity index (χ4n) is 3.52. The number of hydrogen-bond donors (Lipinski definition) is 3. The second kappa shape index (κ2) is 22.3. The van der Waals surface area contributed by atoms with Crippen LogP contribution in [0.1, 0.15) is 96.8 Å². The summed E-state index contributed by atoms with van der Waals surface area (Å²) in [5.41, 5.74) is 5.65. The lowest BCUT2D eigenvalue weighted by molar-refractivity contribution is -0.140. The van der Waals surface area contributed by atoms with Crippen molar-refractivity contribution in [3.05, 3.63) is 12.2 Å². The molecule has 30 heavy (non-hydrogen) atoms. The highest BCUT2D eigenvalue weighted by atomic mass is 16.4. The number of aliphatic carboxylic acids is 1. The number of amidine groups is 1. The summed E-state index contributed by atoms with van der Waals surface area (Å²) in [5.74, 6) is 0.119. The van der Waals surface area contributed by atoms with E-state index in [-0.39, 0.29) is 0 Å². The SMILES string of the molecule is CCCCCCCCC=CCCCCCCCC1=NCCN1CCN.O=C(O)CO. The van der Waals surface area contributed by atoms with E-state index in [2.05, 4.69) is 29.0 Å². The zero-order valence-corrected chi connectivity index (χ0v) is 19.4. The first-order chi connectivity index (χ1) is 14.7. The number of aliphatic hydroxyl groups excluding tert-OH is 1. The number of aliphatic hydroxyl groups is 1. The predicted molar refractivity (Wildman–Crippen MR) is 127 cm³/mol. The van der Waals surface area contributed by atoms with Crippen molar-refractivity contribution < 1.29 is 15.0 Å². The van der Waals surface area contributed by atoms with Crippen LogP contribution < -0.4 is 5.73 Å². The van der Waals surface area contributed by atoms with Gasteiger partial charge in [0, 0.05) is 26.1 Å². The van der Waals surface area contributed by atoms with Gasteiger partial charge >= 0.3 is 5.97 Å². The molecular weight excluding hydrogens is 378 g/mol. The molecule has 0 unspecified atom stereocenters. The van der Waals surface area contributed by atoms with Gasteiger partial charge in [-0.15, -0.1) is 0 Å². The van der Waals surface area contributed by atoms with Gasteiger partial charge in [0.1, 0.15) is 6.61 Å². The van der Waals surface area contributed by atoms with Crippen molar-refractivity contribution in [3.63, 3.8) is 0 Å². The molecule has 6 nitrogen and oxygen atoms in total. The highest BCUT2D eigenvalue weighted by Crippen LogP contribution is 2.12. The van der Waals surface area contributed by atoms with Crippen LogP contribution in [0.4, 0.5) is 0 Å². The van der Waals surface area contributed by atoms with Gasteiger partial charge in [-0.2, -0.15) is 0 Å². The number of aliphatic imine (C=N–C) groups is 1. The number of hydrogen-bond acceptors (Lipinski definition) is 5. The van der Waals surface area contributed by atoms with Crippen molar-refractivity contribution in [2.45, 2.75) is 96.8 Å². The zero-order chi connectivity index (χ0) is 22.3. The van der Waals surface area contributed by atoms with Gasteiger partial charge in [0.25, 0.3) is 0 Å². The molecule has 1 rings (SSSR count). The fourth-order valence-corrected chi connectivity index (χ4v) is 3.52. The summed E-state index contributed by atoms with van der Waals surface area (Å²) in [5, 5.41) is 15.0. The van der Waals surface area contributed by atoms with E-state index < -0.39 is 12.6 Å². The maximum Gasteiger partial charge on any atom is 0.329 e. The lowest BCUT2D eigenvalue weighted by atomic mass is 10.1. The second-order valence-electron chi connectivity index (χ2n) is 7.96. The Morgan fingerprint density at radius 1 is 1.00 bits per heavy atom. The Hall–Kier alpha value is -1.40. The number of carboxylic acids is 1. The quantitative estimate of drug-likeness (QED) is 0.217. The number of allylic oxidation sites excluding steroid dienone is 2. The molecule has 1 aliphatic heterocycles. The molecule has 0 saturated heterocycles. The second-order valence-corrected chi connectivity index (χ2v) is 7.96. The number of nitrogens with zero attached hydrogens (tertiary/aromatic N) is 2. The van der Waals surface area contributed by atoms with Crippen molar-refractivity contribution in [2.24, 2.45) is 10.7 Å². The molecule has 4 N–H and O–H groups in total. The molecule has 0 spiro atoms. The van der Waals surface area contributed by atoms with E-state index in [0.717, 1.165) is 32.6 Å². The topological polar surface area (TPSA) is 99.2 Å². The average Bonchev–Trinajstić information content (AvgIpc) is 3.18. The molecule has 0 bridgehead atoms. The summed E-state index contributed by atoms with van der Waals surface area (Å²) in [6, 6.07) is 0. The molecule has 0 atom stereocenters. The molecule has 1 heterocycles. The normalized spacial score (nSPS) is 13.4. The zero-order valence-electron chi connectivity index (χ0n) is 19.4. The average molecular weight is 426 g/mol. The van der Waals surface area contributed by atoms with Crippen molar-refractivity contribution >= 4 is 11.8 Å². The van der Waals surface area contributed by atoms with Crippen LogP contribution in [0, 0.1) is 0 Å². The van der Waals surface area contributed by atoms with E-state index in [1.165, 1.54) is 89.3 Å². The highest BCUT2D eigenvalue weighted by Gasteiger charge is 2.14. The molecule has 176 valence electrons. The van der Waals surface area contributed by atoms with Crippen LogP contribution in [-0.4, -0.2) is 59.7 Å². The van der Waals surface area contributed by atoms with Gasteiger partial charge in [0.05, 0.1) is 12.4 Å². The number of nitrogens with two attached hydrogens (primary N) is 1. The summed E-state index contributed by atoms with van der Waals surface area (Å²) < 4.78 is 0. The van der Waals surface area contributed by atoms with Gasteiger partial charge in [-0.05, 0) is 32.1 Å². The monoisotopic (exact) mass is 425 g/mol. The van der Waals surface area contributed by atoms with Crippen molar-refractivity contribution in [1.29, 1.82) is 0 Å². The molecule has 0 fully saturated rings. The Kier molecular flexibility index (Phi) is 21.2. The van der Waals surface area contributed by atoms with Gasteiger partial charge < -0.3 is 20.8 Å². The molecule has 0 aromatic rings. The molecule has 0 radical (unpaired) electrons. The lowest BCUT2D eigenvalue weighted by Gasteiger charge is -2.19. The first kappa shape index (κ1) is 28.6.